The second-order valence-corrected chi connectivity index (χ2v) is 7.95. The highest BCUT2D eigenvalue weighted by Gasteiger charge is 2.60. The Hall–Kier alpha value is -1.81. The molecular weight excluding hydrogens is 290 g/mol. The van der Waals surface area contributed by atoms with Gasteiger partial charge in [-0.1, -0.05) is 12.1 Å². The Morgan fingerprint density at radius 3 is 2.83 bits per heavy atom. The molecule has 2 aromatic rings. The summed E-state index contributed by atoms with van der Waals surface area (Å²) in [5.41, 5.74) is 0.854. The first kappa shape index (κ1) is 13.6. The second-order valence-electron chi connectivity index (χ2n) is 7.95. The molecule has 1 aromatic heterocycles. The molecule has 3 aliphatic rings. The Morgan fingerprint density at radius 2 is 2.00 bits per heavy atom. The molecule has 0 amide bonds. The number of nitrogens with zero attached hydrogens (tertiary/aromatic N) is 1. The molecule has 0 bridgehead atoms. The van der Waals surface area contributed by atoms with Crippen molar-refractivity contribution >= 4 is 10.9 Å². The van der Waals surface area contributed by atoms with Crippen LogP contribution in [0.1, 0.15) is 45.1 Å². The fraction of sp³-hybridized carbons (Fsp3) is 0.526. The van der Waals surface area contributed by atoms with Crippen LogP contribution in [0.3, 0.4) is 0 Å². The maximum absolute atomic E-state index is 10.9. The topological polar surface area (TPSA) is 51.6 Å². The molecular formula is C19H21NO3. The van der Waals surface area contributed by atoms with Crippen molar-refractivity contribution in [3.8, 4) is 11.6 Å². The van der Waals surface area contributed by atoms with Crippen LogP contribution in [0, 0.1) is 5.92 Å². The van der Waals surface area contributed by atoms with Crippen LogP contribution in [0.5, 0.6) is 11.6 Å². The third-order valence-electron chi connectivity index (χ3n) is 6.01. The lowest BCUT2D eigenvalue weighted by Gasteiger charge is -2.50. The Balaban J connectivity index is 1.83. The van der Waals surface area contributed by atoms with Crippen molar-refractivity contribution in [3.05, 3.63) is 29.8 Å². The largest absolute Gasteiger partial charge is 0.486 e. The van der Waals surface area contributed by atoms with E-state index >= 15 is 0 Å². The first-order chi connectivity index (χ1) is 10.9. The van der Waals surface area contributed by atoms with Crippen molar-refractivity contribution in [3.63, 3.8) is 0 Å². The number of hydrogen-bond donors (Lipinski definition) is 1. The summed E-state index contributed by atoms with van der Waals surface area (Å²) in [6.07, 6.45) is 1.44. The Labute approximate surface area is 135 Å². The van der Waals surface area contributed by atoms with Gasteiger partial charge in [-0.15, -0.1) is 0 Å². The lowest BCUT2D eigenvalue weighted by Crippen LogP contribution is -2.56. The minimum atomic E-state index is -0.821. The van der Waals surface area contributed by atoms with Crippen LogP contribution in [0.15, 0.2) is 24.3 Å². The molecule has 0 spiro atoms. The van der Waals surface area contributed by atoms with Crippen molar-refractivity contribution in [2.75, 3.05) is 0 Å². The summed E-state index contributed by atoms with van der Waals surface area (Å²) in [6.45, 7) is 6.21. The van der Waals surface area contributed by atoms with E-state index in [0.29, 0.717) is 11.8 Å². The van der Waals surface area contributed by atoms with Gasteiger partial charge in [0, 0.05) is 17.2 Å². The van der Waals surface area contributed by atoms with Crippen molar-refractivity contribution in [2.45, 2.75) is 56.8 Å². The van der Waals surface area contributed by atoms with Crippen molar-refractivity contribution in [1.82, 2.24) is 4.98 Å². The van der Waals surface area contributed by atoms with Gasteiger partial charge in [-0.2, -0.15) is 0 Å². The van der Waals surface area contributed by atoms with E-state index < -0.39 is 5.60 Å². The quantitative estimate of drug-likeness (QED) is 0.810. The summed E-state index contributed by atoms with van der Waals surface area (Å²) < 4.78 is 12.7. The summed E-state index contributed by atoms with van der Waals surface area (Å²) in [5.74, 6) is 2.04. The molecule has 120 valence electrons. The van der Waals surface area contributed by atoms with E-state index in [1.54, 1.807) is 0 Å². The van der Waals surface area contributed by atoms with Crippen LogP contribution in [0.25, 0.3) is 10.9 Å². The molecule has 0 unspecified atom stereocenters. The molecule has 1 saturated carbocycles. The number of aliphatic hydroxyl groups is 1. The number of fused-ring (bicyclic) bond motifs is 2. The Kier molecular flexibility index (Phi) is 2.36. The molecule has 1 aromatic carbocycles. The summed E-state index contributed by atoms with van der Waals surface area (Å²) in [7, 11) is 0. The van der Waals surface area contributed by atoms with Gasteiger partial charge in [-0.25, -0.2) is 4.98 Å². The number of rotatable bonds is 0. The normalized spacial score (nSPS) is 36.3. The van der Waals surface area contributed by atoms with Gasteiger partial charge >= 0.3 is 0 Å². The number of pyridine rings is 1. The smallest absolute Gasteiger partial charge is 0.221 e. The fourth-order valence-corrected chi connectivity index (χ4v) is 4.83. The number of hydrogen-bond acceptors (Lipinski definition) is 4. The lowest BCUT2D eigenvalue weighted by molar-refractivity contribution is -0.119. The highest BCUT2D eigenvalue weighted by Crippen LogP contribution is 2.61. The van der Waals surface area contributed by atoms with Gasteiger partial charge in [0.1, 0.15) is 17.5 Å². The Morgan fingerprint density at radius 1 is 1.22 bits per heavy atom. The molecule has 0 radical (unpaired) electrons. The van der Waals surface area contributed by atoms with Crippen LogP contribution < -0.4 is 9.47 Å². The maximum Gasteiger partial charge on any atom is 0.221 e. The molecule has 1 fully saturated rings. The summed E-state index contributed by atoms with van der Waals surface area (Å²) >= 11 is 0. The molecule has 3 heterocycles. The van der Waals surface area contributed by atoms with Crippen molar-refractivity contribution in [2.24, 2.45) is 5.92 Å². The molecule has 0 saturated heterocycles. The van der Waals surface area contributed by atoms with E-state index in [0.717, 1.165) is 35.1 Å². The lowest BCUT2D eigenvalue weighted by atomic mass is 9.62. The van der Waals surface area contributed by atoms with Gasteiger partial charge in [0.05, 0.1) is 16.7 Å². The van der Waals surface area contributed by atoms with E-state index in [4.69, 9.17) is 14.5 Å². The predicted octanol–water partition coefficient (Wildman–Crippen LogP) is 3.41. The molecule has 1 N–H and O–H groups in total. The van der Waals surface area contributed by atoms with Crippen molar-refractivity contribution < 1.29 is 14.6 Å². The summed E-state index contributed by atoms with van der Waals surface area (Å²) in [4.78, 5) is 4.71. The van der Waals surface area contributed by atoms with Gasteiger partial charge in [-0.05, 0) is 45.7 Å². The third kappa shape index (κ3) is 1.62. The van der Waals surface area contributed by atoms with Crippen molar-refractivity contribution in [1.29, 1.82) is 0 Å². The average Bonchev–Trinajstić information content (AvgIpc) is 2.87. The van der Waals surface area contributed by atoms with Crippen LogP contribution in [-0.4, -0.2) is 27.4 Å². The van der Waals surface area contributed by atoms with Crippen LogP contribution in [-0.2, 0) is 0 Å². The van der Waals surface area contributed by atoms with E-state index in [1.807, 2.05) is 25.1 Å². The van der Waals surface area contributed by atoms with Gasteiger partial charge in [0.2, 0.25) is 5.88 Å². The number of para-hydroxylation sites is 1. The molecule has 4 heteroatoms. The summed E-state index contributed by atoms with van der Waals surface area (Å²) in [5, 5.41) is 11.9. The number of aromatic nitrogens is 1. The van der Waals surface area contributed by atoms with Crippen LogP contribution in [0.2, 0.25) is 0 Å². The molecule has 5 rings (SSSR count). The van der Waals surface area contributed by atoms with Gasteiger partial charge in [0.15, 0.2) is 0 Å². The zero-order valence-electron chi connectivity index (χ0n) is 13.7. The van der Waals surface area contributed by atoms with Crippen LogP contribution in [0.4, 0.5) is 0 Å². The minimum absolute atomic E-state index is 0.157. The van der Waals surface area contributed by atoms with Gasteiger partial charge in [0.25, 0.3) is 0 Å². The Bertz CT molecular complexity index is 827. The fourth-order valence-electron chi connectivity index (χ4n) is 4.83. The second kappa shape index (κ2) is 3.99. The third-order valence-corrected chi connectivity index (χ3v) is 6.01. The van der Waals surface area contributed by atoms with Crippen LogP contribution >= 0.6 is 0 Å². The van der Waals surface area contributed by atoms with E-state index in [1.165, 1.54) is 0 Å². The van der Waals surface area contributed by atoms with E-state index in [9.17, 15) is 5.11 Å². The van der Waals surface area contributed by atoms with Gasteiger partial charge < -0.3 is 14.6 Å². The molecule has 23 heavy (non-hydrogen) atoms. The number of benzene rings is 1. The minimum Gasteiger partial charge on any atom is -0.486 e. The van der Waals surface area contributed by atoms with Gasteiger partial charge in [-0.3, -0.25) is 0 Å². The average molecular weight is 311 g/mol. The molecule has 4 atom stereocenters. The number of ether oxygens (including phenoxy) is 2. The SMILES string of the molecule is CC1(C)Oc2c3c(nc4ccccc24)O[C@H]2[C@@H]3[C@@H]1CC[C@@]2(C)O. The standard InChI is InChI=1S/C19H21NO3/c1-18(2)11-8-9-19(3,21)16-13(11)14-15(23-18)10-6-4-5-7-12(10)20-17(14)22-16/h4-7,11,13,16,21H,8-9H2,1-3H3/t11-,13+,16-,19+/m0/s1. The summed E-state index contributed by atoms with van der Waals surface area (Å²) in [6, 6.07) is 8.03. The molecule has 4 nitrogen and oxygen atoms in total. The predicted molar refractivity (Wildman–Crippen MR) is 87.0 cm³/mol. The first-order valence-electron chi connectivity index (χ1n) is 8.39. The first-order valence-corrected chi connectivity index (χ1v) is 8.39. The zero-order chi connectivity index (χ0) is 16.0. The monoisotopic (exact) mass is 311 g/mol. The highest BCUT2D eigenvalue weighted by molar-refractivity contribution is 5.88. The zero-order valence-corrected chi connectivity index (χ0v) is 13.7. The van der Waals surface area contributed by atoms with E-state index in [2.05, 4.69) is 19.9 Å². The molecule has 2 aliphatic heterocycles. The maximum atomic E-state index is 10.9. The molecule has 1 aliphatic carbocycles. The van der Waals surface area contributed by atoms with E-state index in [-0.39, 0.29) is 17.6 Å². The highest BCUT2D eigenvalue weighted by atomic mass is 16.5.